The molecule has 0 saturated carbocycles. The van der Waals surface area contributed by atoms with Crippen molar-refractivity contribution >= 4 is 16.7 Å². The van der Waals surface area contributed by atoms with E-state index >= 15 is 0 Å². The van der Waals surface area contributed by atoms with Crippen molar-refractivity contribution in [2.24, 2.45) is 0 Å². The smallest absolute Gasteiger partial charge is 0.138 e. The average Bonchev–Trinajstić information content (AvgIpc) is 2.91. The molecular weight excluding hydrogens is 252 g/mol. The molecule has 1 saturated heterocycles. The van der Waals surface area contributed by atoms with Gasteiger partial charge in [0.1, 0.15) is 24.0 Å². The van der Waals surface area contributed by atoms with Gasteiger partial charge in [-0.25, -0.2) is 9.97 Å². The number of ether oxygens (including phenoxy) is 1. The van der Waals surface area contributed by atoms with E-state index in [1.165, 1.54) is 25.9 Å². The molecule has 0 bridgehead atoms. The number of anilines is 1. The van der Waals surface area contributed by atoms with Crippen molar-refractivity contribution in [3.63, 3.8) is 0 Å². The van der Waals surface area contributed by atoms with Gasteiger partial charge in [0.15, 0.2) is 0 Å². The second-order valence-electron chi connectivity index (χ2n) is 5.20. The van der Waals surface area contributed by atoms with E-state index in [2.05, 4.69) is 14.9 Å². The highest BCUT2D eigenvalue weighted by atomic mass is 16.5. The van der Waals surface area contributed by atoms with Crippen molar-refractivity contribution in [2.75, 3.05) is 32.0 Å². The van der Waals surface area contributed by atoms with E-state index in [-0.39, 0.29) is 0 Å². The number of likely N-dealkylation sites (tertiary alicyclic amines) is 1. The third-order valence-corrected chi connectivity index (χ3v) is 3.69. The van der Waals surface area contributed by atoms with E-state index < -0.39 is 0 Å². The molecule has 0 atom stereocenters. The van der Waals surface area contributed by atoms with Crippen molar-refractivity contribution in [3.8, 4) is 5.75 Å². The lowest BCUT2D eigenvalue weighted by Gasteiger charge is -2.16. The van der Waals surface area contributed by atoms with Gasteiger partial charge in [-0.15, -0.1) is 0 Å². The topological polar surface area (TPSA) is 64.3 Å². The Morgan fingerprint density at radius 3 is 2.85 bits per heavy atom. The fraction of sp³-hybridized carbons (Fsp3) is 0.467. The van der Waals surface area contributed by atoms with Gasteiger partial charge in [-0.2, -0.15) is 0 Å². The highest BCUT2D eigenvalue weighted by Gasteiger charge is 2.12. The normalized spacial score (nSPS) is 15.8. The maximum atomic E-state index is 6.01. The van der Waals surface area contributed by atoms with Gasteiger partial charge < -0.3 is 10.5 Å². The van der Waals surface area contributed by atoms with Gasteiger partial charge in [-0.05, 0) is 45.0 Å². The quantitative estimate of drug-likeness (QED) is 0.922. The Kier molecular flexibility index (Phi) is 3.69. The fourth-order valence-electron chi connectivity index (χ4n) is 2.71. The highest BCUT2D eigenvalue weighted by molar-refractivity contribution is 5.93. The first kappa shape index (κ1) is 13.1. The molecule has 1 aromatic carbocycles. The van der Waals surface area contributed by atoms with Crippen molar-refractivity contribution in [3.05, 3.63) is 24.0 Å². The average molecular weight is 272 g/mol. The maximum Gasteiger partial charge on any atom is 0.138 e. The van der Waals surface area contributed by atoms with E-state index in [0.29, 0.717) is 18.2 Å². The molecule has 0 spiro atoms. The number of aromatic nitrogens is 2. The number of rotatable bonds is 4. The minimum atomic E-state index is 0.490. The van der Waals surface area contributed by atoms with Gasteiger partial charge in [0.05, 0.1) is 10.9 Å². The summed E-state index contributed by atoms with van der Waals surface area (Å²) in [7, 11) is 0. The second-order valence-corrected chi connectivity index (χ2v) is 5.20. The Hall–Kier alpha value is -1.88. The first-order chi connectivity index (χ1) is 9.74. The minimum Gasteiger partial charge on any atom is -0.491 e. The predicted molar refractivity (Wildman–Crippen MR) is 79.9 cm³/mol. The number of nitrogen functional groups attached to an aromatic ring is 1. The minimum absolute atomic E-state index is 0.490. The largest absolute Gasteiger partial charge is 0.491 e. The van der Waals surface area contributed by atoms with E-state index in [1.807, 2.05) is 25.1 Å². The zero-order valence-electron chi connectivity index (χ0n) is 11.8. The summed E-state index contributed by atoms with van der Waals surface area (Å²) < 4.78 is 5.90. The lowest BCUT2D eigenvalue weighted by Crippen LogP contribution is -2.25. The standard InChI is InChI=1S/C15H20N4O/c1-11-17-12-5-4-6-13(14(12)15(16)18-11)20-10-9-19-7-2-3-8-19/h4-6H,2-3,7-10H2,1H3,(H2,16,17,18). The van der Waals surface area contributed by atoms with Crippen molar-refractivity contribution in [1.82, 2.24) is 14.9 Å². The van der Waals surface area contributed by atoms with Gasteiger partial charge in [0, 0.05) is 6.54 Å². The summed E-state index contributed by atoms with van der Waals surface area (Å²) in [6.07, 6.45) is 2.60. The molecule has 0 radical (unpaired) electrons. The number of hydrogen-bond donors (Lipinski definition) is 1. The molecular formula is C15H20N4O. The van der Waals surface area contributed by atoms with Gasteiger partial charge in [-0.3, -0.25) is 4.90 Å². The Balaban J connectivity index is 1.77. The Morgan fingerprint density at radius 2 is 2.05 bits per heavy atom. The second kappa shape index (κ2) is 5.63. The van der Waals surface area contributed by atoms with Gasteiger partial charge >= 0.3 is 0 Å². The summed E-state index contributed by atoms with van der Waals surface area (Å²) in [6.45, 7) is 5.85. The molecule has 2 heterocycles. The van der Waals surface area contributed by atoms with Crippen LogP contribution in [-0.2, 0) is 0 Å². The first-order valence-corrected chi connectivity index (χ1v) is 7.12. The fourth-order valence-corrected chi connectivity index (χ4v) is 2.71. The molecule has 3 rings (SSSR count). The zero-order chi connectivity index (χ0) is 13.9. The number of nitrogens with two attached hydrogens (primary N) is 1. The monoisotopic (exact) mass is 272 g/mol. The summed E-state index contributed by atoms with van der Waals surface area (Å²) in [5.74, 6) is 1.95. The van der Waals surface area contributed by atoms with Gasteiger partial charge in [0.2, 0.25) is 0 Å². The molecule has 5 heteroatoms. The number of aryl methyl sites for hydroxylation is 1. The number of hydrogen-bond acceptors (Lipinski definition) is 5. The van der Waals surface area contributed by atoms with E-state index in [9.17, 15) is 0 Å². The maximum absolute atomic E-state index is 6.01. The summed E-state index contributed by atoms with van der Waals surface area (Å²) in [6, 6.07) is 5.81. The molecule has 1 aliphatic rings. The molecule has 106 valence electrons. The van der Waals surface area contributed by atoms with Crippen LogP contribution in [0.25, 0.3) is 10.9 Å². The molecule has 5 nitrogen and oxygen atoms in total. The van der Waals surface area contributed by atoms with Crippen LogP contribution in [0.2, 0.25) is 0 Å². The van der Waals surface area contributed by atoms with Crippen LogP contribution in [0.4, 0.5) is 5.82 Å². The third-order valence-electron chi connectivity index (χ3n) is 3.69. The van der Waals surface area contributed by atoms with E-state index in [4.69, 9.17) is 10.5 Å². The molecule has 0 amide bonds. The molecule has 1 aliphatic heterocycles. The van der Waals surface area contributed by atoms with Gasteiger partial charge in [-0.1, -0.05) is 6.07 Å². The van der Waals surface area contributed by atoms with Crippen LogP contribution in [0.5, 0.6) is 5.75 Å². The molecule has 2 N–H and O–H groups in total. The van der Waals surface area contributed by atoms with Crippen molar-refractivity contribution in [2.45, 2.75) is 19.8 Å². The molecule has 0 aliphatic carbocycles. The van der Waals surface area contributed by atoms with Crippen LogP contribution >= 0.6 is 0 Å². The first-order valence-electron chi connectivity index (χ1n) is 7.12. The summed E-state index contributed by atoms with van der Waals surface area (Å²) in [5, 5.41) is 0.819. The van der Waals surface area contributed by atoms with Crippen LogP contribution in [0, 0.1) is 6.92 Å². The SMILES string of the molecule is Cc1nc(N)c2c(OCCN3CCCC3)cccc2n1. The highest BCUT2D eigenvalue weighted by Crippen LogP contribution is 2.28. The summed E-state index contributed by atoms with van der Waals surface area (Å²) >= 11 is 0. The molecule has 2 aromatic rings. The van der Waals surface area contributed by atoms with Crippen LogP contribution < -0.4 is 10.5 Å². The lowest BCUT2D eigenvalue weighted by molar-refractivity contribution is 0.239. The van der Waals surface area contributed by atoms with E-state index in [1.54, 1.807) is 0 Å². The van der Waals surface area contributed by atoms with Crippen LogP contribution in [0.1, 0.15) is 18.7 Å². The predicted octanol–water partition coefficient (Wildman–Crippen LogP) is 2.00. The Morgan fingerprint density at radius 1 is 1.25 bits per heavy atom. The summed E-state index contributed by atoms with van der Waals surface area (Å²) in [5.41, 5.74) is 6.85. The molecule has 20 heavy (non-hydrogen) atoms. The van der Waals surface area contributed by atoms with Crippen molar-refractivity contribution < 1.29 is 4.74 Å². The number of nitrogens with zero attached hydrogens (tertiary/aromatic N) is 3. The van der Waals surface area contributed by atoms with Crippen LogP contribution in [0.3, 0.4) is 0 Å². The zero-order valence-corrected chi connectivity index (χ0v) is 11.8. The Bertz CT molecular complexity index is 608. The Labute approximate surface area is 118 Å². The summed E-state index contributed by atoms with van der Waals surface area (Å²) in [4.78, 5) is 11.1. The number of benzene rings is 1. The molecule has 1 aromatic heterocycles. The van der Waals surface area contributed by atoms with Crippen LogP contribution in [-0.4, -0.2) is 41.1 Å². The van der Waals surface area contributed by atoms with E-state index in [0.717, 1.165) is 23.2 Å². The van der Waals surface area contributed by atoms with Gasteiger partial charge in [0.25, 0.3) is 0 Å². The lowest BCUT2D eigenvalue weighted by atomic mass is 10.2. The molecule has 0 unspecified atom stereocenters. The third kappa shape index (κ3) is 2.67. The van der Waals surface area contributed by atoms with Crippen molar-refractivity contribution in [1.29, 1.82) is 0 Å². The van der Waals surface area contributed by atoms with Crippen LogP contribution in [0.15, 0.2) is 18.2 Å². The molecule has 1 fully saturated rings. The number of fused-ring (bicyclic) bond motifs is 1.